The summed E-state index contributed by atoms with van der Waals surface area (Å²) < 4.78 is 5.02. The van der Waals surface area contributed by atoms with Gasteiger partial charge in [0.1, 0.15) is 0 Å². The van der Waals surface area contributed by atoms with Crippen LogP contribution in [0.15, 0.2) is 4.42 Å². The fourth-order valence-corrected chi connectivity index (χ4v) is 1.51. The highest BCUT2D eigenvalue weighted by molar-refractivity contribution is 5.92. The molecule has 7 nitrogen and oxygen atoms in total. The number of amides is 2. The van der Waals surface area contributed by atoms with Gasteiger partial charge in [0.05, 0.1) is 5.92 Å². The number of nitrogens with one attached hydrogen (secondary N) is 2. The second-order valence-corrected chi connectivity index (χ2v) is 3.66. The molecule has 7 heteroatoms. The number of nitrogens with zero attached hydrogens (tertiary/aromatic N) is 2. The summed E-state index contributed by atoms with van der Waals surface area (Å²) in [7, 11) is 0. The predicted octanol–water partition coefficient (Wildman–Crippen LogP) is -0.157. The Balaban J connectivity index is 1.91. The van der Waals surface area contributed by atoms with Crippen molar-refractivity contribution in [2.24, 2.45) is 5.92 Å². The van der Waals surface area contributed by atoms with Gasteiger partial charge >= 0.3 is 6.01 Å². The number of anilines is 1. The summed E-state index contributed by atoms with van der Waals surface area (Å²) in [5.41, 5.74) is 0. The Morgan fingerprint density at radius 1 is 1.56 bits per heavy atom. The first-order valence-electron chi connectivity index (χ1n) is 5.03. The van der Waals surface area contributed by atoms with Crippen molar-refractivity contribution in [3.05, 3.63) is 5.89 Å². The van der Waals surface area contributed by atoms with Crippen molar-refractivity contribution >= 4 is 17.8 Å². The quantitative estimate of drug-likeness (QED) is 0.727. The first-order valence-corrected chi connectivity index (χ1v) is 5.03. The summed E-state index contributed by atoms with van der Waals surface area (Å²) in [6, 6.07) is 0.0967. The van der Waals surface area contributed by atoms with Gasteiger partial charge in [0, 0.05) is 19.9 Å². The molecule has 2 N–H and O–H groups in total. The number of hydrogen-bond acceptors (Lipinski definition) is 5. The van der Waals surface area contributed by atoms with Gasteiger partial charge in [-0.2, -0.15) is 0 Å². The summed E-state index contributed by atoms with van der Waals surface area (Å²) in [5, 5.41) is 12.4. The Hall–Kier alpha value is -1.92. The molecule has 1 aromatic rings. The summed E-state index contributed by atoms with van der Waals surface area (Å²) in [5.74, 6) is -0.0570. The summed E-state index contributed by atoms with van der Waals surface area (Å²) in [6.07, 6.45) is 0.922. The number of piperidine rings is 1. The summed E-state index contributed by atoms with van der Waals surface area (Å²) in [4.78, 5) is 22.6. The monoisotopic (exact) mass is 224 g/mol. The van der Waals surface area contributed by atoms with Crippen molar-refractivity contribution in [1.82, 2.24) is 15.5 Å². The van der Waals surface area contributed by atoms with Crippen molar-refractivity contribution in [2.75, 3.05) is 11.9 Å². The maximum Gasteiger partial charge on any atom is 0.322 e. The van der Waals surface area contributed by atoms with E-state index in [1.54, 1.807) is 6.92 Å². The average Bonchev–Trinajstić information content (AvgIpc) is 2.65. The van der Waals surface area contributed by atoms with E-state index < -0.39 is 0 Å². The Bertz CT molecular complexity index is 405. The molecule has 1 atom stereocenters. The molecule has 1 aliphatic heterocycles. The molecule has 1 aliphatic rings. The molecule has 2 amide bonds. The molecular formula is C9H12N4O3. The molecule has 1 saturated heterocycles. The molecule has 0 bridgehead atoms. The van der Waals surface area contributed by atoms with Crippen LogP contribution in [0.1, 0.15) is 18.7 Å². The lowest BCUT2D eigenvalue weighted by Gasteiger charge is -2.20. The number of carbonyl (C=O) groups is 2. The maximum absolute atomic E-state index is 11.7. The second kappa shape index (κ2) is 4.30. The SMILES string of the molecule is Cc1nnc(NC(=O)C2CCC(=O)NC2)o1. The van der Waals surface area contributed by atoms with Gasteiger partial charge in [-0.3, -0.25) is 14.9 Å². The van der Waals surface area contributed by atoms with E-state index in [0.717, 1.165) is 0 Å². The van der Waals surface area contributed by atoms with Gasteiger partial charge in [-0.05, 0) is 6.42 Å². The molecule has 16 heavy (non-hydrogen) atoms. The van der Waals surface area contributed by atoms with E-state index in [1.807, 2.05) is 0 Å². The third kappa shape index (κ3) is 2.36. The van der Waals surface area contributed by atoms with Gasteiger partial charge in [0.2, 0.25) is 17.7 Å². The highest BCUT2D eigenvalue weighted by atomic mass is 16.4. The number of aryl methyl sites for hydroxylation is 1. The number of aromatic nitrogens is 2. The largest absolute Gasteiger partial charge is 0.408 e. The van der Waals surface area contributed by atoms with E-state index in [4.69, 9.17) is 4.42 Å². The molecule has 0 radical (unpaired) electrons. The molecule has 2 rings (SSSR count). The molecule has 0 aromatic carbocycles. The first kappa shape index (κ1) is 10.6. The lowest BCUT2D eigenvalue weighted by atomic mass is 9.98. The number of hydrogen-bond donors (Lipinski definition) is 2. The number of rotatable bonds is 2. The Morgan fingerprint density at radius 2 is 2.38 bits per heavy atom. The average molecular weight is 224 g/mol. The van der Waals surface area contributed by atoms with E-state index in [9.17, 15) is 9.59 Å². The fourth-order valence-electron chi connectivity index (χ4n) is 1.51. The topological polar surface area (TPSA) is 97.1 Å². The molecule has 0 saturated carbocycles. The minimum atomic E-state index is -0.232. The Morgan fingerprint density at radius 3 is 2.94 bits per heavy atom. The van der Waals surface area contributed by atoms with E-state index in [0.29, 0.717) is 25.3 Å². The third-order valence-electron chi connectivity index (χ3n) is 2.39. The minimum absolute atomic E-state index is 0.0160. The van der Waals surface area contributed by atoms with Crippen LogP contribution in [-0.4, -0.2) is 28.6 Å². The van der Waals surface area contributed by atoms with Crippen LogP contribution in [0.3, 0.4) is 0 Å². The molecule has 0 aliphatic carbocycles. The highest BCUT2D eigenvalue weighted by Gasteiger charge is 2.25. The predicted molar refractivity (Wildman–Crippen MR) is 53.4 cm³/mol. The van der Waals surface area contributed by atoms with Crippen LogP contribution >= 0.6 is 0 Å². The van der Waals surface area contributed by atoms with Gasteiger partial charge in [-0.1, -0.05) is 5.10 Å². The van der Waals surface area contributed by atoms with Gasteiger partial charge in [-0.25, -0.2) is 0 Å². The van der Waals surface area contributed by atoms with Crippen LogP contribution in [0.2, 0.25) is 0 Å². The standard InChI is InChI=1S/C9H12N4O3/c1-5-12-13-9(16-5)11-8(15)6-2-3-7(14)10-4-6/h6H,2-4H2,1H3,(H,10,14)(H,11,13,15). The van der Waals surface area contributed by atoms with Crippen LogP contribution < -0.4 is 10.6 Å². The zero-order valence-electron chi connectivity index (χ0n) is 8.82. The normalized spacial score (nSPS) is 20.3. The van der Waals surface area contributed by atoms with Crippen molar-refractivity contribution < 1.29 is 14.0 Å². The molecule has 1 aromatic heterocycles. The molecule has 2 heterocycles. The molecule has 0 spiro atoms. The fraction of sp³-hybridized carbons (Fsp3) is 0.556. The smallest absolute Gasteiger partial charge is 0.322 e. The van der Waals surface area contributed by atoms with Crippen LogP contribution in [0.5, 0.6) is 0 Å². The van der Waals surface area contributed by atoms with Crippen molar-refractivity contribution in [1.29, 1.82) is 0 Å². The van der Waals surface area contributed by atoms with Gasteiger partial charge in [-0.15, -0.1) is 5.10 Å². The second-order valence-electron chi connectivity index (χ2n) is 3.66. The van der Waals surface area contributed by atoms with Crippen molar-refractivity contribution in [3.8, 4) is 0 Å². The highest BCUT2D eigenvalue weighted by Crippen LogP contribution is 2.13. The van der Waals surface area contributed by atoms with Gasteiger partial charge < -0.3 is 9.73 Å². The maximum atomic E-state index is 11.7. The van der Waals surface area contributed by atoms with Crippen LogP contribution in [-0.2, 0) is 9.59 Å². The molecule has 86 valence electrons. The first-order chi connectivity index (χ1) is 7.65. The van der Waals surface area contributed by atoms with Crippen molar-refractivity contribution in [2.45, 2.75) is 19.8 Å². The van der Waals surface area contributed by atoms with Gasteiger partial charge in [0.15, 0.2) is 0 Å². The lowest BCUT2D eigenvalue weighted by Crippen LogP contribution is -2.40. The molecule has 1 unspecified atom stereocenters. The zero-order chi connectivity index (χ0) is 11.5. The van der Waals surface area contributed by atoms with E-state index in [-0.39, 0.29) is 23.7 Å². The third-order valence-corrected chi connectivity index (χ3v) is 2.39. The summed E-state index contributed by atoms with van der Waals surface area (Å²) >= 11 is 0. The lowest BCUT2D eigenvalue weighted by molar-refractivity contribution is -0.126. The minimum Gasteiger partial charge on any atom is -0.408 e. The van der Waals surface area contributed by atoms with Crippen LogP contribution in [0.25, 0.3) is 0 Å². The van der Waals surface area contributed by atoms with E-state index in [2.05, 4.69) is 20.8 Å². The number of carbonyl (C=O) groups excluding carboxylic acids is 2. The Labute approximate surface area is 91.6 Å². The van der Waals surface area contributed by atoms with Crippen LogP contribution in [0.4, 0.5) is 6.01 Å². The molecular weight excluding hydrogens is 212 g/mol. The summed E-state index contributed by atoms with van der Waals surface area (Å²) in [6.45, 7) is 2.00. The van der Waals surface area contributed by atoms with E-state index in [1.165, 1.54) is 0 Å². The van der Waals surface area contributed by atoms with Crippen LogP contribution in [0, 0.1) is 12.8 Å². The van der Waals surface area contributed by atoms with Crippen molar-refractivity contribution in [3.63, 3.8) is 0 Å². The van der Waals surface area contributed by atoms with Gasteiger partial charge in [0.25, 0.3) is 0 Å². The van der Waals surface area contributed by atoms with E-state index >= 15 is 0 Å². The zero-order valence-corrected chi connectivity index (χ0v) is 8.82. The Kier molecular flexibility index (Phi) is 2.84. The molecule has 1 fully saturated rings.